The van der Waals surface area contributed by atoms with Crippen molar-refractivity contribution in [3.05, 3.63) is 85.1 Å². The van der Waals surface area contributed by atoms with Gasteiger partial charge in [0, 0.05) is 6.42 Å². The van der Waals surface area contributed by atoms with Gasteiger partial charge in [0.05, 0.1) is 32.0 Å². The first-order chi connectivity index (χ1) is 37.1. The Balaban J connectivity index is 1.63. The van der Waals surface area contributed by atoms with Crippen LogP contribution in [0.3, 0.4) is 0 Å². The third-order valence-electron chi connectivity index (χ3n) is 14.1. The van der Waals surface area contributed by atoms with Crippen LogP contribution in [0.2, 0.25) is 0 Å². The number of nitrogens with one attached hydrogen (secondary N) is 1. The van der Waals surface area contributed by atoms with Gasteiger partial charge in [-0.3, -0.25) is 4.79 Å². The maximum Gasteiger partial charge on any atom is 0.220 e. The van der Waals surface area contributed by atoms with Gasteiger partial charge in [-0.2, -0.15) is 0 Å². The maximum atomic E-state index is 13.2. The van der Waals surface area contributed by atoms with E-state index in [9.17, 15) is 45.6 Å². The summed E-state index contributed by atoms with van der Waals surface area (Å²) in [6, 6.07) is -0.833. The number of hydrogen-bond donors (Lipinski definition) is 9. The molecule has 2 heterocycles. The number of unbranched alkanes of at least 4 members (excludes halogenated alkanes) is 19. The number of allylic oxidation sites excluding steroid dienone is 14. The van der Waals surface area contributed by atoms with Crippen molar-refractivity contribution in [1.29, 1.82) is 0 Å². The van der Waals surface area contributed by atoms with Crippen LogP contribution in [-0.2, 0) is 23.7 Å². The van der Waals surface area contributed by atoms with Gasteiger partial charge in [0.15, 0.2) is 12.6 Å². The highest BCUT2D eigenvalue weighted by atomic mass is 16.7. The maximum absolute atomic E-state index is 13.2. The van der Waals surface area contributed by atoms with Gasteiger partial charge in [-0.25, -0.2) is 0 Å². The van der Waals surface area contributed by atoms with Crippen LogP contribution >= 0.6 is 0 Å². The van der Waals surface area contributed by atoms with Crippen LogP contribution in [0.5, 0.6) is 0 Å². The molecule has 0 aromatic rings. The van der Waals surface area contributed by atoms with Crippen LogP contribution < -0.4 is 5.32 Å². The van der Waals surface area contributed by atoms with E-state index in [1.54, 1.807) is 0 Å². The molecule has 14 nitrogen and oxygen atoms in total. The summed E-state index contributed by atoms with van der Waals surface area (Å²) < 4.78 is 22.8. The van der Waals surface area contributed by atoms with E-state index in [1.165, 1.54) is 77.0 Å². The molecule has 12 atom stereocenters. The number of ether oxygens (including phenoxy) is 4. The van der Waals surface area contributed by atoms with E-state index in [0.717, 1.165) is 96.3 Å². The number of hydrogen-bond acceptors (Lipinski definition) is 13. The normalized spacial score (nSPS) is 25.5. The molecule has 1 amide bonds. The van der Waals surface area contributed by atoms with Crippen LogP contribution in [0.4, 0.5) is 0 Å². The number of aliphatic hydroxyl groups is 8. The Kier molecular flexibility index (Phi) is 42.9. The molecule has 2 saturated heterocycles. The Hall–Kier alpha value is -2.83. The fraction of sp³-hybridized carbons (Fsp3) is 0.758. The van der Waals surface area contributed by atoms with E-state index < -0.39 is 86.8 Å². The standard InChI is InChI=1S/C62H107NO13/c1-3-5-7-9-11-13-14-15-16-17-18-19-20-21-22-23-24-25-26-27-28-29-30-31-32-33-34-35-36-38-40-42-44-46-54(67)63-50(51(66)45-43-41-39-37-12-10-8-6-4-2)49-73-61-59(72)57(70)60(53(48-65)75-61)76-62-58(71)56(69)55(68)52(47-64)74-62/h5,7,11,13,15-16,18-19,21-22,24-25,27-28,50-53,55-62,64-66,68-72H,3-4,6,8-10,12,14,17,20,23,26,29-49H2,1-2H3,(H,63,67)/b7-5-,13-11-,16-15-,19-18-,22-21-,25-24-,28-27-. The Morgan fingerprint density at radius 2 is 0.908 bits per heavy atom. The fourth-order valence-electron chi connectivity index (χ4n) is 9.33. The molecule has 76 heavy (non-hydrogen) atoms. The van der Waals surface area contributed by atoms with Crippen molar-refractivity contribution in [2.75, 3.05) is 19.8 Å². The van der Waals surface area contributed by atoms with Gasteiger partial charge < -0.3 is 65.1 Å². The lowest BCUT2D eigenvalue weighted by Crippen LogP contribution is -2.65. The van der Waals surface area contributed by atoms with Crippen LogP contribution in [-0.4, -0.2) is 140 Å². The Labute approximate surface area is 459 Å². The summed E-state index contributed by atoms with van der Waals surface area (Å²) in [5.41, 5.74) is 0. The first kappa shape index (κ1) is 69.3. The largest absolute Gasteiger partial charge is 0.394 e. The molecule has 2 aliphatic rings. The van der Waals surface area contributed by atoms with Crippen LogP contribution in [0.15, 0.2) is 85.1 Å². The summed E-state index contributed by atoms with van der Waals surface area (Å²) in [4.78, 5) is 13.2. The van der Waals surface area contributed by atoms with Crippen molar-refractivity contribution in [3.63, 3.8) is 0 Å². The molecule has 0 spiro atoms. The van der Waals surface area contributed by atoms with E-state index in [1.807, 2.05) is 0 Å². The van der Waals surface area contributed by atoms with Crippen molar-refractivity contribution >= 4 is 5.91 Å². The molecule has 12 unspecified atom stereocenters. The lowest BCUT2D eigenvalue weighted by molar-refractivity contribution is -0.359. The van der Waals surface area contributed by atoms with Crippen LogP contribution in [0.1, 0.15) is 206 Å². The second kappa shape index (κ2) is 47.0. The number of amides is 1. The molecule has 0 saturated carbocycles. The molecule has 0 aromatic heterocycles. The first-order valence-electron chi connectivity index (χ1n) is 29.8. The summed E-state index contributed by atoms with van der Waals surface area (Å²) in [5.74, 6) is -0.216. The Bertz CT molecular complexity index is 1600. The molecule has 2 fully saturated rings. The molecule has 0 aromatic carbocycles. The van der Waals surface area contributed by atoms with E-state index in [2.05, 4.69) is 104 Å². The molecule has 14 heteroatoms. The van der Waals surface area contributed by atoms with E-state index in [-0.39, 0.29) is 12.5 Å². The molecular weight excluding hydrogens is 967 g/mol. The topological polar surface area (TPSA) is 228 Å². The fourth-order valence-corrected chi connectivity index (χ4v) is 9.33. The van der Waals surface area contributed by atoms with Gasteiger partial charge in [0.1, 0.15) is 48.8 Å². The van der Waals surface area contributed by atoms with Crippen molar-refractivity contribution < 1.29 is 64.6 Å². The van der Waals surface area contributed by atoms with Crippen molar-refractivity contribution in [3.8, 4) is 0 Å². The molecular formula is C62H107NO13. The Morgan fingerprint density at radius 3 is 1.39 bits per heavy atom. The lowest BCUT2D eigenvalue weighted by Gasteiger charge is -2.46. The average molecular weight is 1070 g/mol. The monoisotopic (exact) mass is 1070 g/mol. The first-order valence-corrected chi connectivity index (χ1v) is 29.8. The van der Waals surface area contributed by atoms with Crippen molar-refractivity contribution in [2.24, 2.45) is 0 Å². The molecule has 2 rings (SSSR count). The van der Waals surface area contributed by atoms with E-state index in [0.29, 0.717) is 19.3 Å². The lowest BCUT2D eigenvalue weighted by atomic mass is 9.97. The minimum Gasteiger partial charge on any atom is -0.394 e. The summed E-state index contributed by atoms with van der Waals surface area (Å²) in [6.07, 6.45) is 46.1. The zero-order chi connectivity index (χ0) is 55.3. The molecule has 0 aliphatic carbocycles. The summed E-state index contributed by atoms with van der Waals surface area (Å²) in [6.45, 7) is 2.70. The Morgan fingerprint density at radius 1 is 0.487 bits per heavy atom. The summed E-state index contributed by atoms with van der Waals surface area (Å²) in [5, 5.41) is 86.9. The van der Waals surface area contributed by atoms with Gasteiger partial charge in [-0.15, -0.1) is 0 Å². The van der Waals surface area contributed by atoms with Gasteiger partial charge in [-0.1, -0.05) is 214 Å². The second-order valence-electron chi connectivity index (χ2n) is 20.7. The predicted molar refractivity (Wildman–Crippen MR) is 304 cm³/mol. The molecule has 438 valence electrons. The number of rotatable bonds is 46. The minimum atomic E-state index is -1.78. The highest BCUT2D eigenvalue weighted by molar-refractivity contribution is 5.76. The molecule has 9 N–H and O–H groups in total. The smallest absolute Gasteiger partial charge is 0.220 e. The van der Waals surface area contributed by atoms with Crippen LogP contribution in [0.25, 0.3) is 0 Å². The highest BCUT2D eigenvalue weighted by Gasteiger charge is 2.51. The van der Waals surface area contributed by atoms with Gasteiger partial charge in [-0.05, 0) is 70.6 Å². The molecule has 0 radical (unpaired) electrons. The van der Waals surface area contributed by atoms with Gasteiger partial charge in [0.25, 0.3) is 0 Å². The quantitative estimate of drug-likeness (QED) is 0.0205. The third kappa shape index (κ3) is 32.3. The van der Waals surface area contributed by atoms with Gasteiger partial charge >= 0.3 is 0 Å². The highest BCUT2D eigenvalue weighted by Crippen LogP contribution is 2.30. The minimum absolute atomic E-state index is 0.216. The zero-order valence-corrected chi connectivity index (χ0v) is 47.0. The zero-order valence-electron chi connectivity index (χ0n) is 47.0. The predicted octanol–water partition coefficient (Wildman–Crippen LogP) is 10.1. The van der Waals surface area contributed by atoms with E-state index >= 15 is 0 Å². The van der Waals surface area contributed by atoms with Crippen molar-refractivity contribution in [2.45, 2.75) is 280 Å². The average Bonchev–Trinajstić information content (AvgIpc) is 3.42. The molecule has 0 bridgehead atoms. The second-order valence-corrected chi connectivity index (χ2v) is 20.7. The summed E-state index contributed by atoms with van der Waals surface area (Å²) >= 11 is 0. The number of carbonyl (C=O) groups is 1. The third-order valence-corrected chi connectivity index (χ3v) is 14.1. The number of aliphatic hydroxyl groups excluding tert-OH is 8. The van der Waals surface area contributed by atoms with E-state index in [4.69, 9.17) is 18.9 Å². The van der Waals surface area contributed by atoms with Gasteiger partial charge in [0.2, 0.25) is 5.91 Å². The van der Waals surface area contributed by atoms with Crippen molar-refractivity contribution in [1.82, 2.24) is 5.32 Å². The SMILES string of the molecule is CC/C=C\C/C=C\C/C=C\C/C=C\C/C=C\C/C=C\C/C=C\CCCCCCCCCCCCCC(=O)NC(COC1OC(CO)C(OC2OC(CO)C(O)C(O)C2O)C(O)C1O)C(O)CCCCCCCCCCC. The number of carbonyl (C=O) groups excluding carboxylic acids is 1. The van der Waals surface area contributed by atoms with Crippen LogP contribution in [0, 0.1) is 0 Å². The molecule has 2 aliphatic heterocycles. The summed E-state index contributed by atoms with van der Waals surface area (Å²) in [7, 11) is 0.